The molecule has 4 aromatic rings. The molecule has 0 aromatic heterocycles. The second kappa shape index (κ2) is 18.3. The van der Waals surface area contributed by atoms with Gasteiger partial charge in [0, 0.05) is 22.8 Å². The number of rotatable bonds is 7. The predicted octanol–water partition coefficient (Wildman–Crippen LogP) is 7.60. The van der Waals surface area contributed by atoms with Crippen LogP contribution in [-0.4, -0.2) is 21.7 Å². The van der Waals surface area contributed by atoms with Crippen molar-refractivity contribution in [1.82, 2.24) is 0 Å². The van der Waals surface area contributed by atoms with Gasteiger partial charge >= 0.3 is 0 Å². The second-order valence-electron chi connectivity index (χ2n) is 9.30. The number of phenols is 2. The molecular formula is C32H33ClF4N2O5. The fourth-order valence-corrected chi connectivity index (χ4v) is 3.28. The number of nitrogens with zero attached hydrogens (tertiary/aromatic N) is 1. The predicted molar refractivity (Wildman–Crippen MR) is 162 cm³/mol. The van der Waals surface area contributed by atoms with E-state index in [-0.39, 0.29) is 48.5 Å². The van der Waals surface area contributed by atoms with Gasteiger partial charge in [-0.25, -0.2) is 23.5 Å². The number of carbonyl (C=O) groups excluding carboxylic acids is 1. The third-order valence-electron chi connectivity index (χ3n) is 5.91. The number of halogens is 5. The Morgan fingerprint density at radius 2 is 1.34 bits per heavy atom. The smallest absolute Gasteiger partial charge is 0.159 e. The lowest BCUT2D eigenvalue weighted by Crippen LogP contribution is -1.99. The fraction of sp³-hybridized carbons (Fsp3) is 0.188. The number of phenolic OH excluding ortho intramolecular Hbond substituents is 2. The van der Waals surface area contributed by atoms with Crippen LogP contribution in [0.2, 0.25) is 0 Å². The number of oxime groups is 1. The molecule has 0 heterocycles. The third-order valence-corrected chi connectivity index (χ3v) is 5.91. The molecular weight excluding hydrogens is 604 g/mol. The lowest BCUT2D eigenvalue weighted by molar-refractivity contribution is 0.101. The van der Waals surface area contributed by atoms with Crippen molar-refractivity contribution in [3.63, 3.8) is 0 Å². The van der Waals surface area contributed by atoms with E-state index in [0.717, 1.165) is 35.4 Å². The summed E-state index contributed by atoms with van der Waals surface area (Å²) in [6.07, 6.45) is 0. The first kappa shape index (κ1) is 37.6. The molecule has 0 saturated carbocycles. The van der Waals surface area contributed by atoms with Gasteiger partial charge in [0.05, 0.1) is 12.3 Å². The standard InChI is InChI=1S/C16H15F2NO2.C9H10O2.C7H7F2NO.ClH/c1-10-3-4-12(7-16(10)20)11(2)19-21-9-13-5-6-14(17)8-15(13)18;1-6-3-4-8(7(2)10)5-9(6)11;8-6-2-1-5(4-11-10)3-7(6)9;/h3-8,20H,9H2,1-2H3;3-5,11H,1-2H3;1-3H,4,10H2;1H/b19-11+;;;. The molecule has 0 unspecified atom stereocenters. The Hall–Kier alpha value is -4.45. The molecule has 4 N–H and O–H groups in total. The van der Waals surface area contributed by atoms with Crippen molar-refractivity contribution >= 4 is 23.9 Å². The van der Waals surface area contributed by atoms with E-state index in [0.29, 0.717) is 22.4 Å². The van der Waals surface area contributed by atoms with Gasteiger partial charge in [-0.15, -0.1) is 12.4 Å². The molecule has 4 aromatic carbocycles. The second-order valence-corrected chi connectivity index (χ2v) is 9.30. The van der Waals surface area contributed by atoms with E-state index in [2.05, 4.69) is 9.99 Å². The van der Waals surface area contributed by atoms with E-state index in [4.69, 9.17) is 10.7 Å². The Kier molecular flexibility index (Phi) is 15.6. The molecule has 0 saturated heterocycles. The molecule has 0 atom stereocenters. The lowest BCUT2D eigenvalue weighted by atomic mass is 10.1. The van der Waals surface area contributed by atoms with Crippen molar-refractivity contribution in [1.29, 1.82) is 0 Å². The van der Waals surface area contributed by atoms with Gasteiger partial charge in [0.15, 0.2) is 17.4 Å². The molecule has 0 amide bonds. The zero-order chi connectivity index (χ0) is 32.1. The quantitative estimate of drug-likeness (QED) is 0.0833. The van der Waals surface area contributed by atoms with Gasteiger partial charge in [0.1, 0.15) is 29.7 Å². The Labute approximate surface area is 258 Å². The molecule has 0 fully saturated rings. The minimum Gasteiger partial charge on any atom is -0.508 e. The van der Waals surface area contributed by atoms with Gasteiger partial charge in [-0.05, 0) is 80.8 Å². The first-order valence-corrected chi connectivity index (χ1v) is 12.8. The molecule has 0 aliphatic rings. The highest BCUT2D eigenvalue weighted by atomic mass is 35.5. The van der Waals surface area contributed by atoms with Crippen LogP contribution >= 0.6 is 12.4 Å². The van der Waals surface area contributed by atoms with E-state index in [1.54, 1.807) is 51.1 Å². The molecule has 44 heavy (non-hydrogen) atoms. The van der Waals surface area contributed by atoms with Crippen LogP contribution in [0.4, 0.5) is 17.6 Å². The van der Waals surface area contributed by atoms with Crippen LogP contribution in [0.5, 0.6) is 11.5 Å². The van der Waals surface area contributed by atoms with Gasteiger partial charge < -0.3 is 15.1 Å². The van der Waals surface area contributed by atoms with Crippen LogP contribution in [0.3, 0.4) is 0 Å². The Morgan fingerprint density at radius 3 is 1.86 bits per heavy atom. The number of ketones is 1. The monoisotopic (exact) mass is 636 g/mol. The highest BCUT2D eigenvalue weighted by Crippen LogP contribution is 2.19. The molecule has 0 aliphatic heterocycles. The first-order valence-electron chi connectivity index (χ1n) is 12.8. The number of carbonyl (C=O) groups is 1. The van der Waals surface area contributed by atoms with Crippen molar-refractivity contribution in [2.24, 2.45) is 11.1 Å². The normalized spacial score (nSPS) is 10.4. The molecule has 0 aliphatic carbocycles. The summed E-state index contributed by atoms with van der Waals surface area (Å²) in [6.45, 7) is 6.76. The summed E-state index contributed by atoms with van der Waals surface area (Å²) in [5.41, 5.74) is 4.08. The summed E-state index contributed by atoms with van der Waals surface area (Å²) < 4.78 is 50.9. The topological polar surface area (TPSA) is 114 Å². The average Bonchev–Trinajstić information content (AvgIpc) is 2.95. The van der Waals surface area contributed by atoms with Crippen LogP contribution in [0.25, 0.3) is 0 Å². The third kappa shape index (κ3) is 12.0. The minimum absolute atomic E-state index is 0. The number of aromatic hydroxyl groups is 2. The van der Waals surface area contributed by atoms with Crippen LogP contribution in [0.15, 0.2) is 78.0 Å². The van der Waals surface area contributed by atoms with Crippen molar-refractivity contribution in [3.05, 3.63) is 129 Å². The summed E-state index contributed by atoms with van der Waals surface area (Å²) in [7, 11) is 0. The zero-order valence-electron chi connectivity index (χ0n) is 24.4. The molecule has 4 rings (SSSR count). The largest absolute Gasteiger partial charge is 0.508 e. The Bertz CT molecular complexity index is 1580. The number of hydrogen-bond acceptors (Lipinski definition) is 7. The van der Waals surface area contributed by atoms with Crippen molar-refractivity contribution in [2.45, 2.75) is 40.9 Å². The number of Topliss-reactive ketones (excluding diaryl/α,β-unsaturated/α-hetero) is 1. The van der Waals surface area contributed by atoms with Crippen LogP contribution in [0.1, 0.15) is 52.0 Å². The van der Waals surface area contributed by atoms with Gasteiger partial charge in [-0.2, -0.15) is 0 Å². The van der Waals surface area contributed by atoms with E-state index in [1.165, 1.54) is 25.1 Å². The lowest BCUT2D eigenvalue weighted by Gasteiger charge is -2.05. The Balaban J connectivity index is 0.000000357. The van der Waals surface area contributed by atoms with Gasteiger partial charge in [-0.3, -0.25) is 9.63 Å². The van der Waals surface area contributed by atoms with Gasteiger partial charge in [0.25, 0.3) is 0 Å². The molecule has 0 bridgehead atoms. The van der Waals surface area contributed by atoms with Crippen LogP contribution in [0, 0.1) is 37.1 Å². The maximum Gasteiger partial charge on any atom is 0.159 e. The van der Waals surface area contributed by atoms with E-state index >= 15 is 0 Å². The molecule has 12 heteroatoms. The van der Waals surface area contributed by atoms with E-state index < -0.39 is 23.3 Å². The van der Waals surface area contributed by atoms with E-state index in [9.17, 15) is 32.6 Å². The summed E-state index contributed by atoms with van der Waals surface area (Å²) in [5, 5.41) is 22.7. The highest BCUT2D eigenvalue weighted by molar-refractivity contribution is 5.98. The van der Waals surface area contributed by atoms with Gasteiger partial charge in [0.2, 0.25) is 0 Å². The summed E-state index contributed by atoms with van der Waals surface area (Å²) in [5.74, 6) is 1.99. The SMILES string of the molecule is C/C(=N\OCc1ccc(F)cc1F)c1ccc(C)c(O)c1.CC(=O)c1ccc(C)c(O)c1.Cl.NOCc1ccc(F)c(F)c1. The first-order chi connectivity index (χ1) is 20.3. The molecule has 0 spiro atoms. The van der Waals surface area contributed by atoms with Crippen molar-refractivity contribution < 1.29 is 42.2 Å². The fourth-order valence-electron chi connectivity index (χ4n) is 3.28. The maximum absolute atomic E-state index is 13.4. The number of hydrogen-bond donors (Lipinski definition) is 3. The van der Waals surface area contributed by atoms with Gasteiger partial charge in [-0.1, -0.05) is 35.5 Å². The summed E-state index contributed by atoms with van der Waals surface area (Å²) >= 11 is 0. The minimum atomic E-state index is -0.889. The molecule has 236 valence electrons. The average molecular weight is 637 g/mol. The highest BCUT2D eigenvalue weighted by Gasteiger charge is 2.06. The van der Waals surface area contributed by atoms with Crippen molar-refractivity contribution in [3.8, 4) is 11.5 Å². The summed E-state index contributed by atoms with van der Waals surface area (Å²) in [6, 6.07) is 16.8. The van der Waals surface area contributed by atoms with Crippen LogP contribution in [-0.2, 0) is 22.9 Å². The number of aryl methyl sites for hydroxylation is 2. The molecule has 0 radical (unpaired) electrons. The summed E-state index contributed by atoms with van der Waals surface area (Å²) in [4.78, 5) is 20.1. The number of benzene rings is 4. The zero-order valence-corrected chi connectivity index (χ0v) is 25.2. The Morgan fingerprint density at radius 1 is 0.750 bits per heavy atom. The van der Waals surface area contributed by atoms with Crippen molar-refractivity contribution in [2.75, 3.05) is 0 Å². The number of nitrogens with two attached hydrogens (primary N) is 1. The van der Waals surface area contributed by atoms with Crippen LogP contribution < -0.4 is 5.90 Å². The maximum atomic E-state index is 13.4. The molecule has 7 nitrogen and oxygen atoms in total. The van der Waals surface area contributed by atoms with E-state index in [1.807, 2.05) is 0 Å².